The Morgan fingerprint density at radius 3 is 2.12 bits per heavy atom. The van der Waals surface area contributed by atoms with Crippen LogP contribution in [0, 0.1) is 20.8 Å². The Kier molecular flexibility index (Phi) is 3.17. The van der Waals surface area contributed by atoms with Gasteiger partial charge in [0.1, 0.15) is 5.52 Å². The van der Waals surface area contributed by atoms with Gasteiger partial charge in [0.2, 0.25) is 0 Å². The van der Waals surface area contributed by atoms with Crippen molar-refractivity contribution in [2.24, 2.45) is 0 Å². The van der Waals surface area contributed by atoms with E-state index in [1.807, 2.05) is 6.92 Å². The Morgan fingerprint density at radius 2 is 1.35 bits per heavy atom. The summed E-state index contributed by atoms with van der Waals surface area (Å²) in [5.41, 5.74) is 6.87. The fraction of sp³-hybridized carbons (Fsp3) is 0.125. The van der Waals surface area contributed by atoms with E-state index >= 15 is 0 Å². The zero-order valence-corrected chi connectivity index (χ0v) is 15.1. The average molecular weight is 337 g/mol. The quantitative estimate of drug-likeness (QED) is 0.317. The molecule has 0 saturated heterocycles. The number of rotatable bonds is 1. The topological polar surface area (TPSA) is 26.0 Å². The minimum atomic E-state index is 0.703. The lowest BCUT2D eigenvalue weighted by Crippen LogP contribution is -1.90. The van der Waals surface area contributed by atoms with Gasteiger partial charge < -0.3 is 4.42 Å². The van der Waals surface area contributed by atoms with Gasteiger partial charge in [0.05, 0.1) is 0 Å². The van der Waals surface area contributed by atoms with Gasteiger partial charge in [-0.15, -0.1) is 0 Å². The van der Waals surface area contributed by atoms with Crippen LogP contribution in [0.3, 0.4) is 0 Å². The summed E-state index contributed by atoms with van der Waals surface area (Å²) in [6.45, 7) is 6.26. The van der Waals surface area contributed by atoms with Gasteiger partial charge in [0.15, 0.2) is 11.5 Å². The molecule has 5 rings (SSSR count). The van der Waals surface area contributed by atoms with E-state index in [1.165, 1.54) is 33.0 Å². The van der Waals surface area contributed by atoms with Crippen LogP contribution >= 0.6 is 0 Å². The van der Waals surface area contributed by atoms with Gasteiger partial charge >= 0.3 is 0 Å². The van der Waals surface area contributed by atoms with Crippen molar-refractivity contribution in [2.45, 2.75) is 20.8 Å². The van der Waals surface area contributed by atoms with Crippen molar-refractivity contribution in [1.82, 2.24) is 4.98 Å². The summed E-state index contributed by atoms with van der Waals surface area (Å²) in [4.78, 5) is 4.70. The Bertz CT molecular complexity index is 1290. The van der Waals surface area contributed by atoms with E-state index in [2.05, 4.69) is 74.5 Å². The molecule has 0 atom stereocenters. The van der Waals surface area contributed by atoms with Gasteiger partial charge in [-0.1, -0.05) is 60.7 Å². The van der Waals surface area contributed by atoms with Crippen LogP contribution < -0.4 is 0 Å². The third-order valence-corrected chi connectivity index (χ3v) is 5.25. The fourth-order valence-electron chi connectivity index (χ4n) is 4.17. The maximum Gasteiger partial charge on any atom is 0.192 e. The highest BCUT2D eigenvalue weighted by atomic mass is 16.3. The third-order valence-electron chi connectivity index (χ3n) is 5.25. The molecule has 0 saturated carbocycles. The highest BCUT2D eigenvalue weighted by Gasteiger charge is 2.18. The summed E-state index contributed by atoms with van der Waals surface area (Å²) in [5, 5.41) is 4.73. The molecule has 5 aromatic rings. The number of oxazole rings is 1. The van der Waals surface area contributed by atoms with Gasteiger partial charge in [-0.25, -0.2) is 4.98 Å². The number of aryl methyl sites for hydroxylation is 3. The van der Waals surface area contributed by atoms with Crippen molar-refractivity contribution in [3.63, 3.8) is 0 Å². The van der Waals surface area contributed by atoms with E-state index in [4.69, 9.17) is 9.40 Å². The van der Waals surface area contributed by atoms with Crippen molar-refractivity contribution in [3.8, 4) is 11.1 Å². The van der Waals surface area contributed by atoms with Crippen LogP contribution in [0.4, 0.5) is 0 Å². The summed E-state index contributed by atoms with van der Waals surface area (Å²) in [6, 6.07) is 21.4. The van der Waals surface area contributed by atoms with Crippen LogP contribution in [0.1, 0.15) is 17.0 Å². The predicted octanol–water partition coefficient (Wildman–Crippen LogP) is 6.73. The second-order valence-electron chi connectivity index (χ2n) is 6.95. The van der Waals surface area contributed by atoms with Gasteiger partial charge in [-0.3, -0.25) is 0 Å². The monoisotopic (exact) mass is 337 g/mol. The van der Waals surface area contributed by atoms with Crippen molar-refractivity contribution < 1.29 is 4.42 Å². The fourth-order valence-corrected chi connectivity index (χ4v) is 4.17. The standard InChI is InChI=1S/C24H19NO/c1-14-8-6-9-15(2)21(14)20-13-7-12-18-17-10-4-5-11-19(17)23-24(22(18)20)26-16(3)25-23/h4-13H,1-3H3. The van der Waals surface area contributed by atoms with Crippen molar-refractivity contribution in [1.29, 1.82) is 0 Å². The summed E-state index contributed by atoms with van der Waals surface area (Å²) in [5.74, 6) is 0.703. The van der Waals surface area contributed by atoms with E-state index in [9.17, 15) is 0 Å². The lowest BCUT2D eigenvalue weighted by atomic mass is 9.89. The van der Waals surface area contributed by atoms with Crippen LogP contribution in [0.25, 0.3) is 43.8 Å². The lowest BCUT2D eigenvalue weighted by Gasteiger charge is -2.14. The second kappa shape index (κ2) is 5.43. The highest BCUT2D eigenvalue weighted by molar-refractivity contribution is 6.26. The Hall–Kier alpha value is -3.13. The summed E-state index contributed by atoms with van der Waals surface area (Å²) in [7, 11) is 0. The normalized spacial score (nSPS) is 11.7. The Morgan fingerprint density at radius 1 is 0.692 bits per heavy atom. The molecule has 0 bridgehead atoms. The highest BCUT2D eigenvalue weighted by Crippen LogP contribution is 2.41. The molecule has 1 heterocycles. The number of nitrogens with zero attached hydrogens (tertiary/aromatic N) is 1. The van der Waals surface area contributed by atoms with Gasteiger partial charge in [0, 0.05) is 17.7 Å². The van der Waals surface area contributed by atoms with Crippen LogP contribution in [0.15, 0.2) is 65.1 Å². The molecule has 0 fully saturated rings. The molecule has 0 aliphatic rings. The van der Waals surface area contributed by atoms with E-state index in [-0.39, 0.29) is 0 Å². The van der Waals surface area contributed by atoms with Gasteiger partial charge in [-0.2, -0.15) is 0 Å². The maximum absolute atomic E-state index is 6.12. The van der Waals surface area contributed by atoms with Crippen LogP contribution in [0.5, 0.6) is 0 Å². The summed E-state index contributed by atoms with van der Waals surface area (Å²) >= 11 is 0. The lowest BCUT2D eigenvalue weighted by molar-refractivity contribution is 0.563. The largest absolute Gasteiger partial charge is 0.440 e. The van der Waals surface area contributed by atoms with Crippen LogP contribution in [0.2, 0.25) is 0 Å². The number of benzene rings is 4. The van der Waals surface area contributed by atoms with Crippen molar-refractivity contribution in [2.75, 3.05) is 0 Å². The zero-order chi connectivity index (χ0) is 17.8. The molecule has 2 nitrogen and oxygen atoms in total. The Labute approximate surface area is 152 Å². The molecule has 0 amide bonds. The van der Waals surface area contributed by atoms with Gasteiger partial charge in [0.25, 0.3) is 0 Å². The number of fused-ring (bicyclic) bond motifs is 6. The minimum absolute atomic E-state index is 0.703. The van der Waals surface area contributed by atoms with E-state index in [1.54, 1.807) is 0 Å². The number of hydrogen-bond donors (Lipinski definition) is 0. The van der Waals surface area contributed by atoms with E-state index < -0.39 is 0 Å². The Balaban J connectivity index is 2.08. The second-order valence-corrected chi connectivity index (χ2v) is 6.95. The van der Waals surface area contributed by atoms with Crippen molar-refractivity contribution >= 4 is 32.6 Å². The first-order valence-electron chi connectivity index (χ1n) is 8.92. The molecule has 2 heteroatoms. The number of aromatic nitrogens is 1. The smallest absolute Gasteiger partial charge is 0.192 e. The van der Waals surface area contributed by atoms with Crippen LogP contribution in [-0.4, -0.2) is 4.98 Å². The summed E-state index contributed by atoms with van der Waals surface area (Å²) in [6.07, 6.45) is 0. The van der Waals surface area contributed by atoms with Crippen LogP contribution in [-0.2, 0) is 0 Å². The molecule has 4 aromatic carbocycles. The third kappa shape index (κ3) is 2.02. The molecule has 0 aliphatic heterocycles. The molecule has 0 N–H and O–H groups in total. The molecular weight excluding hydrogens is 318 g/mol. The number of hydrogen-bond acceptors (Lipinski definition) is 2. The molecular formula is C24H19NO. The molecule has 0 radical (unpaired) electrons. The molecule has 26 heavy (non-hydrogen) atoms. The minimum Gasteiger partial charge on any atom is -0.440 e. The first-order valence-corrected chi connectivity index (χ1v) is 8.92. The average Bonchev–Trinajstić information content (AvgIpc) is 3.03. The molecule has 126 valence electrons. The maximum atomic E-state index is 6.12. The molecule has 0 aliphatic carbocycles. The van der Waals surface area contributed by atoms with Gasteiger partial charge in [-0.05, 0) is 46.9 Å². The van der Waals surface area contributed by atoms with E-state index in [0.29, 0.717) is 5.89 Å². The molecule has 0 unspecified atom stereocenters. The summed E-state index contributed by atoms with van der Waals surface area (Å²) < 4.78 is 6.12. The molecule has 1 aromatic heterocycles. The van der Waals surface area contributed by atoms with E-state index in [0.717, 1.165) is 21.9 Å². The van der Waals surface area contributed by atoms with Crippen molar-refractivity contribution in [3.05, 3.63) is 77.7 Å². The first-order chi connectivity index (χ1) is 12.6. The first kappa shape index (κ1) is 15.2. The SMILES string of the molecule is Cc1nc2c3ccccc3c3cccc(-c4c(C)cccc4C)c3c2o1. The predicted molar refractivity (Wildman–Crippen MR) is 109 cm³/mol. The molecule has 0 spiro atoms. The zero-order valence-electron chi connectivity index (χ0n) is 15.1.